The van der Waals surface area contributed by atoms with Gasteiger partial charge in [0.1, 0.15) is 18.3 Å². The molecule has 1 aliphatic rings. The van der Waals surface area contributed by atoms with Crippen LogP contribution in [0.25, 0.3) is 0 Å². The fourth-order valence-corrected chi connectivity index (χ4v) is 1.73. The molecule has 0 aromatic rings. The number of rotatable bonds is 7. The van der Waals surface area contributed by atoms with Gasteiger partial charge in [0.15, 0.2) is 6.29 Å². The van der Waals surface area contributed by atoms with E-state index in [1.54, 1.807) is 0 Å². The Labute approximate surface area is 96.0 Å². The van der Waals surface area contributed by atoms with E-state index in [1.807, 2.05) is 0 Å². The van der Waals surface area contributed by atoms with E-state index < -0.39 is 24.6 Å². The Balaban J connectivity index is 2.17. The van der Waals surface area contributed by atoms with Crippen molar-refractivity contribution < 1.29 is 24.8 Å². The zero-order valence-corrected chi connectivity index (χ0v) is 9.71. The van der Waals surface area contributed by atoms with Crippen molar-refractivity contribution in [3.63, 3.8) is 0 Å². The maximum absolute atomic E-state index is 9.55. The van der Waals surface area contributed by atoms with E-state index in [4.69, 9.17) is 14.6 Å². The molecule has 1 aliphatic heterocycles. The van der Waals surface area contributed by atoms with Gasteiger partial charge in [-0.3, -0.25) is 0 Å². The Bertz CT molecular complexity index is 187. The third kappa shape index (κ3) is 3.68. The molecule has 96 valence electrons. The van der Waals surface area contributed by atoms with Gasteiger partial charge in [0.25, 0.3) is 0 Å². The standard InChI is InChI=1S/C11H22O5/c1-2-3-4-5-6-15-11-10(14)9(13)8(7-12)16-11/h8-14H,2-7H2,1H3/t8-,9-,10+,11+/m0/s1. The van der Waals surface area contributed by atoms with Crippen LogP contribution in [0, 0.1) is 0 Å². The minimum Gasteiger partial charge on any atom is -0.394 e. The average molecular weight is 234 g/mol. The van der Waals surface area contributed by atoms with Gasteiger partial charge in [-0.15, -0.1) is 0 Å². The Morgan fingerprint density at radius 1 is 1.12 bits per heavy atom. The van der Waals surface area contributed by atoms with Crippen LogP contribution in [0.1, 0.15) is 32.6 Å². The molecule has 5 heteroatoms. The molecule has 0 aromatic carbocycles. The highest BCUT2D eigenvalue weighted by Gasteiger charge is 2.42. The van der Waals surface area contributed by atoms with E-state index in [-0.39, 0.29) is 6.61 Å². The summed E-state index contributed by atoms with van der Waals surface area (Å²) < 4.78 is 10.5. The lowest BCUT2D eigenvalue weighted by Gasteiger charge is -2.15. The number of hydrogen-bond acceptors (Lipinski definition) is 5. The van der Waals surface area contributed by atoms with E-state index in [9.17, 15) is 10.2 Å². The van der Waals surface area contributed by atoms with Crippen LogP contribution in [-0.4, -0.2) is 53.1 Å². The Hall–Kier alpha value is -0.200. The summed E-state index contributed by atoms with van der Waals surface area (Å²) >= 11 is 0. The third-order valence-electron chi connectivity index (χ3n) is 2.78. The van der Waals surface area contributed by atoms with Crippen LogP contribution >= 0.6 is 0 Å². The number of aliphatic hydroxyl groups is 3. The zero-order valence-electron chi connectivity index (χ0n) is 9.71. The largest absolute Gasteiger partial charge is 0.394 e. The van der Waals surface area contributed by atoms with Gasteiger partial charge in [-0.1, -0.05) is 26.2 Å². The maximum atomic E-state index is 9.55. The summed E-state index contributed by atoms with van der Waals surface area (Å²) in [6.07, 6.45) is 0.650. The topological polar surface area (TPSA) is 79.2 Å². The summed E-state index contributed by atoms with van der Waals surface area (Å²) in [5.74, 6) is 0. The molecule has 16 heavy (non-hydrogen) atoms. The van der Waals surface area contributed by atoms with Crippen molar-refractivity contribution in [2.45, 2.75) is 57.2 Å². The highest BCUT2D eigenvalue weighted by atomic mass is 16.7. The van der Waals surface area contributed by atoms with Crippen molar-refractivity contribution in [3.05, 3.63) is 0 Å². The fraction of sp³-hybridized carbons (Fsp3) is 1.00. The Morgan fingerprint density at radius 2 is 1.88 bits per heavy atom. The molecule has 0 amide bonds. The number of hydrogen-bond donors (Lipinski definition) is 3. The van der Waals surface area contributed by atoms with Crippen molar-refractivity contribution >= 4 is 0 Å². The van der Waals surface area contributed by atoms with Gasteiger partial charge >= 0.3 is 0 Å². The molecule has 4 atom stereocenters. The maximum Gasteiger partial charge on any atom is 0.186 e. The van der Waals surface area contributed by atoms with Gasteiger partial charge in [0.2, 0.25) is 0 Å². The first kappa shape index (κ1) is 13.9. The molecule has 1 heterocycles. The summed E-state index contributed by atoms with van der Waals surface area (Å²) in [4.78, 5) is 0. The van der Waals surface area contributed by atoms with Gasteiger partial charge in [-0.25, -0.2) is 0 Å². The first-order valence-electron chi connectivity index (χ1n) is 5.94. The van der Waals surface area contributed by atoms with Gasteiger partial charge in [-0.2, -0.15) is 0 Å². The highest BCUT2D eigenvalue weighted by Crippen LogP contribution is 2.22. The summed E-state index contributed by atoms with van der Waals surface area (Å²) in [5.41, 5.74) is 0. The molecule has 0 aliphatic carbocycles. The van der Waals surface area contributed by atoms with Crippen molar-refractivity contribution in [2.75, 3.05) is 13.2 Å². The summed E-state index contributed by atoms with van der Waals surface area (Å²) in [7, 11) is 0. The predicted molar refractivity (Wildman–Crippen MR) is 57.9 cm³/mol. The lowest BCUT2D eigenvalue weighted by molar-refractivity contribution is -0.169. The van der Waals surface area contributed by atoms with Crippen LogP contribution in [0.5, 0.6) is 0 Å². The Morgan fingerprint density at radius 3 is 2.44 bits per heavy atom. The fourth-order valence-electron chi connectivity index (χ4n) is 1.73. The third-order valence-corrected chi connectivity index (χ3v) is 2.78. The van der Waals surface area contributed by atoms with Crippen LogP contribution in [0.15, 0.2) is 0 Å². The van der Waals surface area contributed by atoms with E-state index in [2.05, 4.69) is 6.92 Å². The van der Waals surface area contributed by atoms with Gasteiger partial charge in [0, 0.05) is 6.61 Å². The Kier molecular flexibility index (Phi) is 6.23. The van der Waals surface area contributed by atoms with E-state index in [0.29, 0.717) is 6.61 Å². The van der Waals surface area contributed by atoms with Gasteiger partial charge in [0.05, 0.1) is 6.61 Å². The molecule has 0 bridgehead atoms. The molecule has 5 nitrogen and oxygen atoms in total. The molecule has 1 rings (SSSR count). The molecule has 0 aromatic heterocycles. The van der Waals surface area contributed by atoms with Crippen LogP contribution in [0.4, 0.5) is 0 Å². The zero-order chi connectivity index (χ0) is 12.0. The molecule has 3 N–H and O–H groups in total. The normalized spacial score (nSPS) is 34.5. The van der Waals surface area contributed by atoms with Gasteiger partial charge < -0.3 is 24.8 Å². The number of aliphatic hydroxyl groups excluding tert-OH is 3. The second-order valence-corrected chi connectivity index (χ2v) is 4.14. The van der Waals surface area contributed by atoms with E-state index >= 15 is 0 Å². The predicted octanol–water partition coefficient (Wildman–Crippen LogP) is 0.0223. The van der Waals surface area contributed by atoms with Crippen LogP contribution < -0.4 is 0 Å². The molecule has 1 fully saturated rings. The summed E-state index contributed by atoms with van der Waals surface area (Å²) in [6, 6.07) is 0. The number of unbranched alkanes of at least 4 members (excludes halogenated alkanes) is 3. The SMILES string of the molecule is CCCCCCO[C@@H]1O[C@@H](CO)[C@H](O)[C@H]1O. The van der Waals surface area contributed by atoms with Crippen LogP contribution in [-0.2, 0) is 9.47 Å². The second kappa shape index (κ2) is 7.19. The molecule has 0 spiro atoms. The lowest BCUT2D eigenvalue weighted by Crippen LogP contribution is -2.34. The van der Waals surface area contributed by atoms with Crippen LogP contribution in [0.2, 0.25) is 0 Å². The lowest BCUT2D eigenvalue weighted by atomic mass is 10.1. The first-order valence-corrected chi connectivity index (χ1v) is 5.94. The van der Waals surface area contributed by atoms with Crippen molar-refractivity contribution in [1.29, 1.82) is 0 Å². The van der Waals surface area contributed by atoms with E-state index in [1.165, 1.54) is 6.42 Å². The monoisotopic (exact) mass is 234 g/mol. The van der Waals surface area contributed by atoms with E-state index in [0.717, 1.165) is 19.3 Å². The summed E-state index contributed by atoms with van der Waals surface area (Å²) in [6.45, 7) is 2.33. The summed E-state index contributed by atoms with van der Waals surface area (Å²) in [5, 5.41) is 27.9. The minimum absolute atomic E-state index is 0.312. The average Bonchev–Trinajstić information content (AvgIpc) is 2.56. The number of ether oxygens (including phenoxy) is 2. The second-order valence-electron chi connectivity index (χ2n) is 4.14. The molecule has 0 radical (unpaired) electrons. The molecule has 0 unspecified atom stereocenters. The first-order chi connectivity index (χ1) is 7.70. The van der Waals surface area contributed by atoms with Gasteiger partial charge in [-0.05, 0) is 6.42 Å². The molecular weight excluding hydrogens is 212 g/mol. The smallest absolute Gasteiger partial charge is 0.186 e. The van der Waals surface area contributed by atoms with Crippen molar-refractivity contribution in [1.82, 2.24) is 0 Å². The molecule has 1 saturated heterocycles. The highest BCUT2D eigenvalue weighted by molar-refractivity contribution is 4.86. The molecule has 0 saturated carbocycles. The van der Waals surface area contributed by atoms with Crippen LogP contribution in [0.3, 0.4) is 0 Å². The minimum atomic E-state index is -1.07. The molecular formula is C11H22O5. The van der Waals surface area contributed by atoms with Crippen molar-refractivity contribution in [3.8, 4) is 0 Å². The van der Waals surface area contributed by atoms with Crippen molar-refractivity contribution in [2.24, 2.45) is 0 Å². The quantitative estimate of drug-likeness (QED) is 0.541.